The molecule has 98 valence electrons. The molecule has 8 heteroatoms. The molecule has 0 amide bonds. The van der Waals surface area contributed by atoms with E-state index in [0.29, 0.717) is 5.52 Å². The molecular weight excluding hydrogens is 306 g/mol. The highest BCUT2D eigenvalue weighted by Crippen LogP contribution is 2.39. The normalized spacial score (nSPS) is 12.3. The molecule has 0 fully saturated rings. The molecule has 0 atom stereocenters. The van der Waals surface area contributed by atoms with Crippen molar-refractivity contribution in [2.45, 2.75) is 10.3 Å². The highest BCUT2D eigenvalue weighted by Gasteiger charge is 2.30. The second-order valence-electron chi connectivity index (χ2n) is 3.63. The molecule has 0 radical (unpaired) electrons. The van der Waals surface area contributed by atoms with E-state index in [1.807, 2.05) is 0 Å². The molecule has 1 aromatic carbocycles. The number of rotatable bonds is 2. The maximum Gasteiger partial charge on any atom is 0.248 e. The van der Waals surface area contributed by atoms with E-state index in [2.05, 4.69) is 4.98 Å². The Kier molecular flexibility index (Phi) is 3.69. The van der Waals surface area contributed by atoms with Crippen molar-refractivity contribution in [1.82, 2.24) is 9.55 Å². The van der Waals surface area contributed by atoms with Gasteiger partial charge in [0.2, 0.25) is 3.79 Å². The van der Waals surface area contributed by atoms with Gasteiger partial charge >= 0.3 is 0 Å². The van der Waals surface area contributed by atoms with E-state index in [1.54, 1.807) is 0 Å². The third kappa shape index (κ3) is 2.40. The molecule has 0 saturated heterocycles. The molecule has 2 N–H and O–H groups in total. The first-order valence-corrected chi connectivity index (χ1v) is 6.10. The summed E-state index contributed by atoms with van der Waals surface area (Å²) in [6.07, 6.45) is 0. The van der Waals surface area contributed by atoms with Gasteiger partial charge in [0.15, 0.2) is 17.5 Å². The lowest BCUT2D eigenvalue weighted by Crippen LogP contribution is -2.17. The Balaban J connectivity index is 2.75. The maximum absolute atomic E-state index is 13.2. The van der Waals surface area contributed by atoms with Gasteiger partial charge in [0.05, 0.1) is 11.0 Å². The van der Waals surface area contributed by atoms with Crippen LogP contribution in [0.4, 0.5) is 8.78 Å². The highest BCUT2D eigenvalue weighted by atomic mass is 35.6. The van der Waals surface area contributed by atoms with Gasteiger partial charge in [-0.05, 0) is 0 Å². The minimum absolute atomic E-state index is 0.0814. The number of hydrogen-bond acceptors (Lipinski definition) is 2. The molecule has 0 aliphatic carbocycles. The number of hydrogen-bond donors (Lipinski definition) is 1. The van der Waals surface area contributed by atoms with Gasteiger partial charge in [-0.2, -0.15) is 0 Å². The Hall–Kier alpha value is -0.620. The van der Waals surface area contributed by atoms with E-state index in [0.717, 1.165) is 12.1 Å². The molecule has 0 bridgehead atoms. The Morgan fingerprint density at radius 2 is 1.83 bits per heavy atom. The van der Waals surface area contributed by atoms with Crippen molar-refractivity contribution in [2.24, 2.45) is 5.73 Å². The molecule has 0 aliphatic rings. The van der Waals surface area contributed by atoms with Crippen molar-refractivity contribution < 1.29 is 8.78 Å². The number of nitrogens with two attached hydrogens (primary N) is 1. The zero-order valence-corrected chi connectivity index (χ0v) is 11.2. The minimum Gasteiger partial charge on any atom is -0.329 e. The average molecular weight is 315 g/mol. The molecule has 2 rings (SSSR count). The molecule has 0 saturated carbocycles. The van der Waals surface area contributed by atoms with Crippen LogP contribution < -0.4 is 5.73 Å². The molecule has 18 heavy (non-hydrogen) atoms. The van der Waals surface area contributed by atoms with Crippen LogP contribution >= 0.6 is 34.8 Å². The van der Waals surface area contributed by atoms with E-state index in [4.69, 9.17) is 40.5 Å². The first-order chi connectivity index (χ1) is 8.34. The summed E-state index contributed by atoms with van der Waals surface area (Å²) in [5.74, 6) is -1.91. The molecular formula is C10H8Cl3F2N3. The van der Waals surface area contributed by atoms with Gasteiger partial charge in [0, 0.05) is 25.2 Å². The summed E-state index contributed by atoms with van der Waals surface area (Å²) in [6, 6.07) is 1.96. The fraction of sp³-hybridized carbons (Fsp3) is 0.300. The van der Waals surface area contributed by atoms with Gasteiger partial charge in [-0.15, -0.1) is 0 Å². The second-order valence-corrected chi connectivity index (χ2v) is 5.91. The predicted molar refractivity (Wildman–Crippen MR) is 67.9 cm³/mol. The van der Waals surface area contributed by atoms with Crippen LogP contribution in [0.25, 0.3) is 11.0 Å². The third-order valence-corrected chi connectivity index (χ3v) is 2.90. The number of alkyl halides is 3. The Morgan fingerprint density at radius 1 is 1.22 bits per heavy atom. The number of halogens is 5. The minimum atomic E-state index is -1.79. The van der Waals surface area contributed by atoms with Crippen molar-refractivity contribution in [3.8, 4) is 0 Å². The summed E-state index contributed by atoms with van der Waals surface area (Å²) in [4.78, 5) is 4.01. The number of aromatic nitrogens is 2. The Bertz CT molecular complexity index is 592. The van der Waals surface area contributed by atoms with E-state index in [1.165, 1.54) is 4.57 Å². The Labute approximate surface area is 116 Å². The van der Waals surface area contributed by atoms with E-state index < -0.39 is 15.4 Å². The molecule has 2 aromatic rings. The smallest absolute Gasteiger partial charge is 0.248 e. The van der Waals surface area contributed by atoms with Crippen LogP contribution in [-0.4, -0.2) is 16.1 Å². The lowest BCUT2D eigenvalue weighted by atomic mass is 10.3. The van der Waals surface area contributed by atoms with Gasteiger partial charge in [-0.1, -0.05) is 34.8 Å². The number of imidazole rings is 1. The van der Waals surface area contributed by atoms with Crippen LogP contribution in [0.3, 0.4) is 0 Å². The van der Waals surface area contributed by atoms with E-state index in [-0.39, 0.29) is 24.4 Å². The standard InChI is InChI=1S/C10H8Cl3F2N3/c11-10(12,13)9-17-7-3-5(14)6(15)4-8(7)18(9)2-1-16/h3-4H,1-2,16H2. The summed E-state index contributed by atoms with van der Waals surface area (Å²) in [5.41, 5.74) is 5.99. The lowest BCUT2D eigenvalue weighted by Gasteiger charge is -2.13. The van der Waals surface area contributed by atoms with E-state index in [9.17, 15) is 8.78 Å². The summed E-state index contributed by atoms with van der Waals surface area (Å²) in [6.45, 7) is 0.531. The van der Waals surface area contributed by atoms with Crippen molar-refractivity contribution >= 4 is 45.8 Å². The average Bonchev–Trinajstić information content (AvgIpc) is 2.58. The molecule has 1 heterocycles. The van der Waals surface area contributed by atoms with Gasteiger partial charge in [0.25, 0.3) is 0 Å². The molecule has 3 nitrogen and oxygen atoms in total. The zero-order valence-electron chi connectivity index (χ0n) is 8.93. The monoisotopic (exact) mass is 313 g/mol. The van der Waals surface area contributed by atoms with Gasteiger partial charge in [-0.25, -0.2) is 13.8 Å². The first kappa shape index (κ1) is 13.8. The van der Waals surface area contributed by atoms with Crippen molar-refractivity contribution in [2.75, 3.05) is 6.54 Å². The topological polar surface area (TPSA) is 43.8 Å². The van der Waals surface area contributed by atoms with Crippen LogP contribution in [0.1, 0.15) is 5.82 Å². The predicted octanol–water partition coefficient (Wildman–Crippen LogP) is 3.10. The molecule has 0 unspecified atom stereocenters. The quantitative estimate of drug-likeness (QED) is 0.866. The van der Waals surface area contributed by atoms with Crippen LogP contribution in [0.2, 0.25) is 0 Å². The van der Waals surface area contributed by atoms with Crippen LogP contribution in [0, 0.1) is 11.6 Å². The van der Waals surface area contributed by atoms with Crippen LogP contribution in [0.5, 0.6) is 0 Å². The van der Waals surface area contributed by atoms with Gasteiger partial charge in [0.1, 0.15) is 0 Å². The second kappa shape index (κ2) is 4.81. The zero-order chi connectivity index (χ0) is 13.5. The summed E-state index contributed by atoms with van der Waals surface area (Å²) < 4.78 is 26.0. The molecule has 1 aromatic heterocycles. The van der Waals surface area contributed by atoms with Crippen LogP contribution in [-0.2, 0) is 10.3 Å². The van der Waals surface area contributed by atoms with Crippen molar-refractivity contribution in [3.05, 3.63) is 29.6 Å². The SMILES string of the molecule is NCCn1c(C(Cl)(Cl)Cl)nc2cc(F)c(F)cc21. The lowest BCUT2D eigenvalue weighted by molar-refractivity contribution is 0.510. The first-order valence-electron chi connectivity index (χ1n) is 4.97. The fourth-order valence-corrected chi connectivity index (χ4v) is 2.12. The van der Waals surface area contributed by atoms with E-state index >= 15 is 0 Å². The Morgan fingerprint density at radius 3 is 2.39 bits per heavy atom. The van der Waals surface area contributed by atoms with Gasteiger partial charge < -0.3 is 10.3 Å². The molecule has 0 aliphatic heterocycles. The third-order valence-electron chi connectivity index (χ3n) is 2.40. The van der Waals surface area contributed by atoms with Crippen molar-refractivity contribution in [1.29, 1.82) is 0 Å². The maximum atomic E-state index is 13.2. The number of fused-ring (bicyclic) bond motifs is 1. The summed E-state index contributed by atoms with van der Waals surface area (Å²) >= 11 is 17.3. The van der Waals surface area contributed by atoms with Gasteiger partial charge in [-0.3, -0.25) is 0 Å². The number of nitrogens with zero attached hydrogens (tertiary/aromatic N) is 2. The number of benzene rings is 1. The fourth-order valence-electron chi connectivity index (χ4n) is 1.69. The van der Waals surface area contributed by atoms with Crippen molar-refractivity contribution in [3.63, 3.8) is 0 Å². The van der Waals surface area contributed by atoms with Crippen LogP contribution in [0.15, 0.2) is 12.1 Å². The molecule has 0 spiro atoms. The summed E-state index contributed by atoms with van der Waals surface area (Å²) in [7, 11) is 0. The summed E-state index contributed by atoms with van der Waals surface area (Å²) in [5, 5.41) is 0. The highest BCUT2D eigenvalue weighted by molar-refractivity contribution is 6.66. The largest absolute Gasteiger partial charge is 0.329 e.